The Labute approximate surface area is 212 Å². The minimum atomic E-state index is -1.07. The SMILES string of the molecule is O=C(O)CC[C@H](NC(=O)c1nc(-c2ccccc2)sc1N1CCCC1)C(=O)N1CCN(C(=O)O)CC1. The van der Waals surface area contributed by atoms with Crippen molar-refractivity contribution in [3.8, 4) is 10.6 Å². The van der Waals surface area contributed by atoms with Crippen molar-refractivity contribution >= 4 is 40.2 Å². The maximum Gasteiger partial charge on any atom is 0.407 e. The number of carboxylic acid groups (broad SMARTS) is 2. The van der Waals surface area contributed by atoms with Crippen LogP contribution in [0.2, 0.25) is 0 Å². The molecular formula is C24H29N5O6S. The van der Waals surface area contributed by atoms with Gasteiger partial charge in [0.25, 0.3) is 5.91 Å². The van der Waals surface area contributed by atoms with Gasteiger partial charge in [0.15, 0.2) is 5.69 Å². The van der Waals surface area contributed by atoms with Crippen LogP contribution >= 0.6 is 11.3 Å². The lowest BCUT2D eigenvalue weighted by Gasteiger charge is -2.35. The summed E-state index contributed by atoms with van der Waals surface area (Å²) < 4.78 is 0. The molecule has 3 N–H and O–H groups in total. The molecule has 2 aromatic rings. The van der Waals surface area contributed by atoms with E-state index in [1.54, 1.807) is 0 Å². The summed E-state index contributed by atoms with van der Waals surface area (Å²) in [6, 6.07) is 8.49. The smallest absolute Gasteiger partial charge is 0.407 e. The van der Waals surface area contributed by atoms with Crippen LogP contribution in [0.4, 0.5) is 9.80 Å². The van der Waals surface area contributed by atoms with Crippen LogP contribution in [0, 0.1) is 0 Å². The number of aromatic nitrogens is 1. The molecule has 2 aliphatic rings. The van der Waals surface area contributed by atoms with Crippen LogP contribution in [0.1, 0.15) is 36.2 Å². The molecule has 0 aliphatic carbocycles. The summed E-state index contributed by atoms with van der Waals surface area (Å²) in [4.78, 5) is 58.6. The quantitative estimate of drug-likeness (QED) is 0.486. The molecule has 2 fully saturated rings. The first-order valence-electron chi connectivity index (χ1n) is 11.9. The average Bonchev–Trinajstić information content (AvgIpc) is 3.57. The Kier molecular flexibility index (Phi) is 8.04. The van der Waals surface area contributed by atoms with Crippen LogP contribution in [0.25, 0.3) is 10.6 Å². The predicted molar refractivity (Wildman–Crippen MR) is 133 cm³/mol. The highest BCUT2D eigenvalue weighted by Crippen LogP contribution is 2.36. The van der Waals surface area contributed by atoms with Gasteiger partial charge in [-0.3, -0.25) is 14.4 Å². The fraction of sp³-hybridized carbons (Fsp3) is 0.458. The summed E-state index contributed by atoms with van der Waals surface area (Å²) in [5, 5.41) is 22.5. The van der Waals surface area contributed by atoms with Crippen molar-refractivity contribution in [2.24, 2.45) is 0 Å². The molecule has 0 bridgehead atoms. The van der Waals surface area contributed by atoms with Gasteiger partial charge >= 0.3 is 12.1 Å². The molecule has 1 atom stereocenters. The molecule has 11 nitrogen and oxygen atoms in total. The number of aliphatic carboxylic acids is 1. The summed E-state index contributed by atoms with van der Waals surface area (Å²) in [5.74, 6) is -2.02. The molecule has 0 radical (unpaired) electrons. The number of thiazole rings is 1. The van der Waals surface area contributed by atoms with Gasteiger partial charge in [-0.2, -0.15) is 0 Å². The molecule has 0 unspecified atom stereocenters. The second-order valence-electron chi connectivity index (χ2n) is 8.79. The Balaban J connectivity index is 1.55. The van der Waals surface area contributed by atoms with Crippen LogP contribution in [-0.4, -0.2) is 94.2 Å². The van der Waals surface area contributed by atoms with Crippen molar-refractivity contribution in [3.63, 3.8) is 0 Å². The van der Waals surface area contributed by atoms with Crippen molar-refractivity contribution in [1.29, 1.82) is 0 Å². The fourth-order valence-corrected chi connectivity index (χ4v) is 5.51. The summed E-state index contributed by atoms with van der Waals surface area (Å²) in [6.45, 7) is 2.30. The molecule has 0 saturated carbocycles. The molecule has 4 rings (SSSR count). The lowest BCUT2D eigenvalue weighted by atomic mass is 10.1. The first-order valence-corrected chi connectivity index (χ1v) is 12.8. The minimum absolute atomic E-state index is 0.0756. The van der Waals surface area contributed by atoms with E-state index in [4.69, 9.17) is 5.11 Å². The molecule has 1 aromatic carbocycles. The zero-order chi connectivity index (χ0) is 25.7. The highest BCUT2D eigenvalue weighted by molar-refractivity contribution is 7.19. The molecule has 192 valence electrons. The summed E-state index contributed by atoms with van der Waals surface area (Å²) in [6.07, 6.45) is 0.610. The number of benzene rings is 1. The molecule has 3 amide bonds. The van der Waals surface area contributed by atoms with Crippen molar-refractivity contribution in [1.82, 2.24) is 20.1 Å². The zero-order valence-corrected chi connectivity index (χ0v) is 20.6. The first-order chi connectivity index (χ1) is 17.3. The lowest BCUT2D eigenvalue weighted by molar-refractivity contribution is -0.138. The van der Waals surface area contributed by atoms with E-state index in [-0.39, 0.29) is 44.7 Å². The molecule has 36 heavy (non-hydrogen) atoms. The third-order valence-electron chi connectivity index (χ3n) is 6.35. The summed E-state index contributed by atoms with van der Waals surface area (Å²) in [7, 11) is 0. The average molecular weight is 516 g/mol. The molecule has 3 heterocycles. The number of carbonyl (C=O) groups is 4. The number of anilines is 1. The Hall–Kier alpha value is -3.67. The largest absolute Gasteiger partial charge is 0.481 e. The Morgan fingerprint density at radius 1 is 0.944 bits per heavy atom. The normalized spacial score (nSPS) is 16.6. The second kappa shape index (κ2) is 11.4. The molecule has 12 heteroatoms. The maximum atomic E-state index is 13.5. The van der Waals surface area contributed by atoms with Gasteiger partial charge in [-0.15, -0.1) is 0 Å². The number of nitrogens with one attached hydrogen (secondary N) is 1. The number of hydrogen-bond acceptors (Lipinski definition) is 7. The predicted octanol–water partition coefficient (Wildman–Crippen LogP) is 2.20. The van der Waals surface area contributed by atoms with Gasteiger partial charge in [-0.25, -0.2) is 9.78 Å². The molecule has 1 aromatic heterocycles. The van der Waals surface area contributed by atoms with E-state index in [0.29, 0.717) is 5.01 Å². The van der Waals surface area contributed by atoms with Gasteiger partial charge in [0, 0.05) is 51.3 Å². The van der Waals surface area contributed by atoms with Gasteiger partial charge in [0.05, 0.1) is 0 Å². The monoisotopic (exact) mass is 515 g/mol. The van der Waals surface area contributed by atoms with Gasteiger partial charge in [-0.05, 0) is 19.3 Å². The Bertz CT molecular complexity index is 1110. The minimum Gasteiger partial charge on any atom is -0.481 e. The number of rotatable bonds is 8. The number of nitrogens with zero attached hydrogens (tertiary/aromatic N) is 4. The van der Waals surface area contributed by atoms with Crippen molar-refractivity contribution in [2.75, 3.05) is 44.2 Å². The zero-order valence-electron chi connectivity index (χ0n) is 19.8. The molecule has 2 aliphatic heterocycles. The van der Waals surface area contributed by atoms with E-state index in [1.165, 1.54) is 21.1 Å². The fourth-order valence-electron chi connectivity index (χ4n) is 4.39. The van der Waals surface area contributed by atoms with Gasteiger partial charge in [-0.1, -0.05) is 41.7 Å². The standard InChI is InChI=1S/C24H29N5O6S/c30-18(31)9-8-17(22(33)27-12-14-29(15-13-27)24(34)35)25-20(32)19-23(28-10-4-5-11-28)36-21(26-19)16-6-2-1-3-7-16/h1-3,6-7,17H,4-5,8-15H2,(H,25,32)(H,30,31)(H,34,35)/t17-/m0/s1. The van der Waals surface area contributed by atoms with E-state index in [9.17, 15) is 24.3 Å². The molecule has 0 spiro atoms. The Morgan fingerprint density at radius 2 is 1.58 bits per heavy atom. The number of carboxylic acids is 1. The highest BCUT2D eigenvalue weighted by Gasteiger charge is 2.32. The molecule has 2 saturated heterocycles. The number of carbonyl (C=O) groups excluding carboxylic acids is 2. The van der Waals surface area contributed by atoms with E-state index < -0.39 is 29.9 Å². The van der Waals surface area contributed by atoms with Crippen LogP contribution in [0.15, 0.2) is 30.3 Å². The van der Waals surface area contributed by atoms with Crippen molar-refractivity contribution < 1.29 is 29.4 Å². The third kappa shape index (κ3) is 5.93. The third-order valence-corrected chi connectivity index (χ3v) is 7.52. The van der Waals surface area contributed by atoms with Crippen LogP contribution < -0.4 is 10.2 Å². The first kappa shape index (κ1) is 25.4. The van der Waals surface area contributed by atoms with E-state index in [0.717, 1.165) is 36.5 Å². The van der Waals surface area contributed by atoms with Gasteiger partial charge in [0.2, 0.25) is 5.91 Å². The Morgan fingerprint density at radius 3 is 2.19 bits per heavy atom. The van der Waals surface area contributed by atoms with E-state index in [1.807, 2.05) is 30.3 Å². The van der Waals surface area contributed by atoms with Crippen LogP contribution in [0.3, 0.4) is 0 Å². The lowest BCUT2D eigenvalue weighted by Crippen LogP contribution is -2.55. The number of hydrogen-bond donors (Lipinski definition) is 3. The summed E-state index contributed by atoms with van der Waals surface area (Å²) >= 11 is 1.43. The number of piperazine rings is 1. The molecular weight excluding hydrogens is 486 g/mol. The van der Waals surface area contributed by atoms with Crippen molar-refractivity contribution in [3.05, 3.63) is 36.0 Å². The summed E-state index contributed by atoms with van der Waals surface area (Å²) in [5.41, 5.74) is 1.11. The van der Waals surface area contributed by atoms with Crippen molar-refractivity contribution in [2.45, 2.75) is 31.7 Å². The van der Waals surface area contributed by atoms with E-state index in [2.05, 4.69) is 15.2 Å². The van der Waals surface area contributed by atoms with Gasteiger partial charge < -0.3 is 30.2 Å². The number of amides is 3. The van der Waals surface area contributed by atoms with Crippen LogP contribution in [0.5, 0.6) is 0 Å². The van der Waals surface area contributed by atoms with Crippen LogP contribution in [-0.2, 0) is 9.59 Å². The van der Waals surface area contributed by atoms with Gasteiger partial charge in [0.1, 0.15) is 16.1 Å². The van der Waals surface area contributed by atoms with E-state index >= 15 is 0 Å². The highest BCUT2D eigenvalue weighted by atomic mass is 32.1. The topological polar surface area (TPSA) is 143 Å². The second-order valence-corrected chi connectivity index (χ2v) is 9.76. The maximum absolute atomic E-state index is 13.5.